The molecule has 1 fully saturated rings. The third-order valence-corrected chi connectivity index (χ3v) is 4.39. The Bertz CT molecular complexity index is 721. The summed E-state index contributed by atoms with van der Waals surface area (Å²) < 4.78 is 5.07. The second kappa shape index (κ2) is 6.97. The van der Waals surface area contributed by atoms with E-state index in [-0.39, 0.29) is 11.9 Å². The molecule has 0 amide bonds. The van der Waals surface area contributed by atoms with Crippen molar-refractivity contribution in [2.45, 2.75) is 25.9 Å². The zero-order valence-corrected chi connectivity index (χ0v) is 13.8. The summed E-state index contributed by atoms with van der Waals surface area (Å²) in [5, 5.41) is 10.5. The van der Waals surface area contributed by atoms with Gasteiger partial charge in [-0.25, -0.2) is 14.8 Å². The number of ether oxygens (including phenoxy) is 1. The Morgan fingerprint density at radius 3 is 2.79 bits per heavy atom. The fourth-order valence-electron chi connectivity index (χ4n) is 3.14. The number of carbonyl (C=O) groups is 1. The normalized spacial score (nSPS) is 20.2. The van der Waals surface area contributed by atoms with Crippen LogP contribution in [0.15, 0.2) is 36.9 Å². The van der Waals surface area contributed by atoms with E-state index in [4.69, 9.17) is 4.74 Å². The van der Waals surface area contributed by atoms with Crippen molar-refractivity contribution in [3.63, 3.8) is 0 Å². The highest BCUT2D eigenvalue weighted by molar-refractivity contribution is 5.89. The summed E-state index contributed by atoms with van der Waals surface area (Å²) in [5.74, 6) is -0.404. The molecule has 2 aromatic rings. The van der Waals surface area contributed by atoms with Gasteiger partial charge in [0.1, 0.15) is 6.33 Å². The van der Waals surface area contributed by atoms with Crippen LogP contribution < -0.4 is 4.90 Å². The molecule has 1 saturated heterocycles. The Morgan fingerprint density at radius 1 is 1.33 bits per heavy atom. The van der Waals surface area contributed by atoms with E-state index in [1.54, 1.807) is 25.4 Å². The summed E-state index contributed by atoms with van der Waals surface area (Å²) >= 11 is 0. The second-order valence-electron chi connectivity index (χ2n) is 5.97. The van der Waals surface area contributed by atoms with Crippen molar-refractivity contribution in [3.05, 3.63) is 53.6 Å². The molecule has 1 aromatic heterocycles. The highest BCUT2D eigenvalue weighted by atomic mass is 16.5. The van der Waals surface area contributed by atoms with E-state index in [1.807, 2.05) is 19.1 Å². The predicted octanol–water partition coefficient (Wildman–Crippen LogP) is 1.93. The first-order valence-corrected chi connectivity index (χ1v) is 8.05. The molecule has 2 atom stereocenters. The maximum atomic E-state index is 12.0. The van der Waals surface area contributed by atoms with Gasteiger partial charge in [-0.15, -0.1) is 0 Å². The summed E-state index contributed by atoms with van der Waals surface area (Å²) in [6.45, 7) is 5.29. The fourth-order valence-corrected chi connectivity index (χ4v) is 3.14. The van der Waals surface area contributed by atoms with Gasteiger partial charge in [0.25, 0.3) is 0 Å². The van der Waals surface area contributed by atoms with Crippen LogP contribution in [0.25, 0.3) is 0 Å². The number of rotatable bonds is 4. The van der Waals surface area contributed by atoms with E-state index in [2.05, 4.69) is 14.9 Å². The minimum absolute atomic E-state index is 0.0698. The van der Waals surface area contributed by atoms with Gasteiger partial charge in [0, 0.05) is 19.0 Å². The van der Waals surface area contributed by atoms with Crippen LogP contribution in [0.3, 0.4) is 0 Å². The van der Waals surface area contributed by atoms with Crippen molar-refractivity contribution in [3.8, 4) is 0 Å². The molecule has 126 valence electrons. The molecule has 6 nitrogen and oxygen atoms in total. The van der Waals surface area contributed by atoms with Crippen molar-refractivity contribution < 1.29 is 14.6 Å². The smallest absolute Gasteiger partial charge is 0.338 e. The van der Waals surface area contributed by atoms with E-state index < -0.39 is 6.10 Å². The number of aryl methyl sites for hydroxylation is 1. The number of benzene rings is 1. The van der Waals surface area contributed by atoms with Gasteiger partial charge in [-0.3, -0.25) is 0 Å². The maximum absolute atomic E-state index is 12.0. The van der Waals surface area contributed by atoms with E-state index in [9.17, 15) is 9.90 Å². The standard InChI is InChI=1S/C18H21N3O3/c1-3-24-18(23)13-5-4-12(2)15(6-13)16-9-21(10-17(16)22)14-7-19-11-20-8-14/h4-8,11,16-17,22H,3,9-10H2,1-2H3/t16?,17-/m1/s1. The lowest BCUT2D eigenvalue weighted by molar-refractivity contribution is 0.0526. The van der Waals surface area contributed by atoms with Crippen molar-refractivity contribution in [1.29, 1.82) is 0 Å². The van der Waals surface area contributed by atoms with Crippen molar-refractivity contribution in [2.75, 3.05) is 24.6 Å². The number of aliphatic hydroxyl groups excluding tert-OH is 1. The number of anilines is 1. The van der Waals surface area contributed by atoms with Gasteiger partial charge >= 0.3 is 5.97 Å². The van der Waals surface area contributed by atoms with Crippen LogP contribution in [-0.2, 0) is 4.74 Å². The van der Waals surface area contributed by atoms with Gasteiger partial charge in [-0.2, -0.15) is 0 Å². The number of aliphatic hydroxyl groups is 1. The van der Waals surface area contributed by atoms with Crippen LogP contribution in [0, 0.1) is 6.92 Å². The third kappa shape index (κ3) is 3.23. The van der Waals surface area contributed by atoms with Gasteiger partial charge in [0.15, 0.2) is 0 Å². The highest BCUT2D eigenvalue weighted by Crippen LogP contribution is 2.33. The van der Waals surface area contributed by atoms with E-state index in [0.29, 0.717) is 25.3 Å². The minimum atomic E-state index is -0.513. The van der Waals surface area contributed by atoms with Crippen LogP contribution >= 0.6 is 0 Å². The molecule has 1 aromatic carbocycles. The highest BCUT2D eigenvalue weighted by Gasteiger charge is 2.34. The average Bonchev–Trinajstić information content (AvgIpc) is 2.98. The summed E-state index contributed by atoms with van der Waals surface area (Å²) in [5.41, 5.74) is 3.44. The Hall–Kier alpha value is -2.47. The quantitative estimate of drug-likeness (QED) is 0.865. The maximum Gasteiger partial charge on any atom is 0.338 e. The molecule has 0 radical (unpaired) electrons. The lowest BCUT2D eigenvalue weighted by Gasteiger charge is -2.19. The molecule has 1 unspecified atom stereocenters. The van der Waals surface area contributed by atoms with Crippen LogP contribution in [0.5, 0.6) is 0 Å². The van der Waals surface area contributed by atoms with Gasteiger partial charge in [0.05, 0.1) is 36.4 Å². The summed E-state index contributed by atoms with van der Waals surface area (Å²) in [6, 6.07) is 5.51. The zero-order chi connectivity index (χ0) is 17.1. The van der Waals surface area contributed by atoms with Crippen LogP contribution in [-0.4, -0.2) is 46.8 Å². The summed E-state index contributed by atoms with van der Waals surface area (Å²) in [4.78, 5) is 22.1. The number of aromatic nitrogens is 2. The molecule has 1 aliphatic heterocycles. The molecular weight excluding hydrogens is 306 g/mol. The van der Waals surface area contributed by atoms with E-state index >= 15 is 0 Å². The Kier molecular flexibility index (Phi) is 4.76. The molecule has 0 saturated carbocycles. The number of hydrogen-bond acceptors (Lipinski definition) is 6. The van der Waals surface area contributed by atoms with Crippen LogP contribution in [0.1, 0.15) is 34.3 Å². The number of nitrogens with zero attached hydrogens (tertiary/aromatic N) is 3. The fraction of sp³-hybridized carbons (Fsp3) is 0.389. The number of carbonyl (C=O) groups excluding carboxylic acids is 1. The molecule has 24 heavy (non-hydrogen) atoms. The van der Waals surface area contributed by atoms with Crippen molar-refractivity contribution >= 4 is 11.7 Å². The Labute approximate surface area is 141 Å². The molecule has 1 N–H and O–H groups in total. The average molecular weight is 327 g/mol. The lowest BCUT2D eigenvalue weighted by Crippen LogP contribution is -2.21. The third-order valence-electron chi connectivity index (χ3n) is 4.39. The lowest BCUT2D eigenvalue weighted by atomic mass is 9.91. The number of β-amino-alcohol motifs (C(OH)–C–C–N with tert-alkyl or cyclic N) is 1. The molecule has 3 rings (SSSR count). The molecule has 6 heteroatoms. The topological polar surface area (TPSA) is 75.5 Å². The summed E-state index contributed by atoms with van der Waals surface area (Å²) in [7, 11) is 0. The van der Waals surface area contributed by atoms with Gasteiger partial charge < -0.3 is 14.7 Å². The second-order valence-corrected chi connectivity index (χ2v) is 5.97. The molecular formula is C18H21N3O3. The Balaban J connectivity index is 1.86. The first-order chi connectivity index (χ1) is 11.6. The molecule has 1 aliphatic rings. The van der Waals surface area contributed by atoms with Crippen molar-refractivity contribution in [1.82, 2.24) is 9.97 Å². The predicted molar refractivity (Wildman–Crippen MR) is 90.1 cm³/mol. The largest absolute Gasteiger partial charge is 0.462 e. The van der Waals surface area contributed by atoms with Crippen LogP contribution in [0.4, 0.5) is 5.69 Å². The van der Waals surface area contributed by atoms with Gasteiger partial charge in [0.2, 0.25) is 0 Å². The minimum Gasteiger partial charge on any atom is -0.462 e. The molecule has 0 aliphatic carbocycles. The number of hydrogen-bond donors (Lipinski definition) is 1. The van der Waals surface area contributed by atoms with E-state index in [0.717, 1.165) is 16.8 Å². The summed E-state index contributed by atoms with van der Waals surface area (Å²) in [6.07, 6.45) is 4.45. The van der Waals surface area contributed by atoms with E-state index in [1.165, 1.54) is 6.33 Å². The first-order valence-electron chi connectivity index (χ1n) is 8.05. The van der Waals surface area contributed by atoms with Crippen LogP contribution in [0.2, 0.25) is 0 Å². The molecule has 2 heterocycles. The van der Waals surface area contributed by atoms with Gasteiger partial charge in [-0.05, 0) is 37.1 Å². The Morgan fingerprint density at radius 2 is 2.08 bits per heavy atom. The zero-order valence-electron chi connectivity index (χ0n) is 13.8. The SMILES string of the molecule is CCOC(=O)c1ccc(C)c(C2CN(c3cncnc3)C[C@H]2O)c1. The van der Waals surface area contributed by atoms with Gasteiger partial charge in [-0.1, -0.05) is 6.07 Å². The first kappa shape index (κ1) is 16.4. The number of esters is 1. The monoisotopic (exact) mass is 327 g/mol. The molecule has 0 bridgehead atoms. The van der Waals surface area contributed by atoms with Crippen molar-refractivity contribution in [2.24, 2.45) is 0 Å². The molecule has 0 spiro atoms.